The van der Waals surface area contributed by atoms with Crippen LogP contribution in [0.4, 0.5) is 5.69 Å². The predicted octanol–water partition coefficient (Wildman–Crippen LogP) is 1.47. The van der Waals surface area contributed by atoms with E-state index in [0.29, 0.717) is 31.9 Å². The maximum Gasteiger partial charge on any atom is 0.286 e. The van der Waals surface area contributed by atoms with Crippen LogP contribution in [0.15, 0.2) is 12.1 Å². The molecule has 0 aromatic heterocycles. The van der Waals surface area contributed by atoms with Crippen molar-refractivity contribution >= 4 is 11.6 Å². The van der Waals surface area contributed by atoms with Gasteiger partial charge in [0.1, 0.15) is 5.56 Å². The number of unbranched alkanes of at least 4 members (excludes halogenated alkanes) is 1. The van der Waals surface area contributed by atoms with Gasteiger partial charge in [-0.15, -0.1) is 0 Å². The third kappa shape index (κ3) is 4.59. The van der Waals surface area contributed by atoms with E-state index in [0.717, 1.165) is 6.42 Å². The van der Waals surface area contributed by atoms with Crippen molar-refractivity contribution in [2.75, 3.05) is 26.8 Å². The van der Waals surface area contributed by atoms with Gasteiger partial charge in [0.25, 0.3) is 11.6 Å². The number of hydrogen-bond donors (Lipinski definition) is 2. The molecule has 0 aliphatic rings. The molecule has 0 saturated carbocycles. The monoisotopic (exact) mass is 311 g/mol. The minimum absolute atomic E-state index is 0.0537. The molecule has 0 spiro atoms. The normalized spacial score (nSPS) is 10.1. The Bertz CT molecular complexity index is 533. The highest BCUT2D eigenvalue weighted by atomic mass is 16.6. The first-order valence-corrected chi connectivity index (χ1v) is 7.02. The summed E-state index contributed by atoms with van der Waals surface area (Å²) >= 11 is 0. The van der Waals surface area contributed by atoms with Crippen molar-refractivity contribution in [1.82, 2.24) is 5.32 Å². The van der Waals surface area contributed by atoms with Gasteiger partial charge in [-0.2, -0.15) is 0 Å². The van der Waals surface area contributed by atoms with E-state index in [1.165, 1.54) is 19.2 Å². The minimum atomic E-state index is -0.618. The smallest absolute Gasteiger partial charge is 0.286 e. The highest BCUT2D eigenvalue weighted by Gasteiger charge is 2.24. The number of methoxy groups -OCH3 is 1. The van der Waals surface area contributed by atoms with Crippen LogP contribution in [0.5, 0.6) is 11.5 Å². The Morgan fingerprint density at radius 1 is 1.36 bits per heavy atom. The van der Waals surface area contributed by atoms with E-state index in [1.807, 2.05) is 0 Å². The van der Waals surface area contributed by atoms with Crippen LogP contribution in [0, 0.1) is 10.1 Å². The van der Waals surface area contributed by atoms with Gasteiger partial charge in [0.05, 0.1) is 24.7 Å². The fourth-order valence-electron chi connectivity index (χ4n) is 1.88. The lowest BCUT2D eigenvalue weighted by Gasteiger charge is -2.12. The van der Waals surface area contributed by atoms with Gasteiger partial charge in [-0.05, 0) is 26.3 Å². The van der Waals surface area contributed by atoms with Crippen LogP contribution in [-0.4, -0.2) is 37.6 Å². The van der Waals surface area contributed by atoms with Gasteiger partial charge in [0.15, 0.2) is 11.5 Å². The van der Waals surface area contributed by atoms with Gasteiger partial charge in [-0.25, -0.2) is 0 Å². The van der Waals surface area contributed by atoms with Gasteiger partial charge < -0.3 is 20.5 Å². The van der Waals surface area contributed by atoms with Crippen LogP contribution in [0.3, 0.4) is 0 Å². The van der Waals surface area contributed by atoms with Crippen molar-refractivity contribution in [2.24, 2.45) is 5.73 Å². The van der Waals surface area contributed by atoms with Gasteiger partial charge >= 0.3 is 0 Å². The Hall–Kier alpha value is -2.35. The second kappa shape index (κ2) is 8.83. The molecule has 1 rings (SSSR count). The fraction of sp³-hybridized carbons (Fsp3) is 0.500. The number of carbonyl (C=O) groups is 1. The number of nitrogens with two attached hydrogens (primary N) is 1. The van der Waals surface area contributed by atoms with Crippen molar-refractivity contribution in [3.05, 3.63) is 27.8 Å². The van der Waals surface area contributed by atoms with E-state index in [9.17, 15) is 14.9 Å². The van der Waals surface area contributed by atoms with E-state index in [2.05, 4.69) is 5.32 Å². The van der Waals surface area contributed by atoms with Gasteiger partial charge in [0.2, 0.25) is 0 Å². The summed E-state index contributed by atoms with van der Waals surface area (Å²) in [6.07, 6.45) is 1.49. The largest absolute Gasteiger partial charge is 0.493 e. The van der Waals surface area contributed by atoms with E-state index >= 15 is 0 Å². The summed E-state index contributed by atoms with van der Waals surface area (Å²) in [7, 11) is 1.38. The van der Waals surface area contributed by atoms with Gasteiger partial charge in [0, 0.05) is 12.6 Å². The van der Waals surface area contributed by atoms with Crippen molar-refractivity contribution in [3.63, 3.8) is 0 Å². The molecule has 0 atom stereocenters. The molecule has 8 nitrogen and oxygen atoms in total. The van der Waals surface area contributed by atoms with E-state index in [1.54, 1.807) is 6.92 Å². The summed E-state index contributed by atoms with van der Waals surface area (Å²) in [6.45, 7) is 3.06. The van der Waals surface area contributed by atoms with Crippen molar-refractivity contribution in [2.45, 2.75) is 19.8 Å². The maximum absolute atomic E-state index is 12.1. The molecule has 0 aliphatic heterocycles. The molecule has 0 heterocycles. The number of nitro groups is 1. The number of nitro benzene ring substituents is 1. The first-order valence-electron chi connectivity index (χ1n) is 7.02. The molecule has 122 valence electrons. The van der Waals surface area contributed by atoms with Crippen molar-refractivity contribution < 1.29 is 19.2 Å². The lowest BCUT2D eigenvalue weighted by atomic mass is 10.1. The molecule has 0 radical (unpaired) electrons. The predicted molar refractivity (Wildman–Crippen MR) is 81.4 cm³/mol. The molecule has 1 aromatic rings. The molecule has 0 bridgehead atoms. The summed E-state index contributed by atoms with van der Waals surface area (Å²) in [6, 6.07) is 2.53. The quantitative estimate of drug-likeness (QED) is 0.405. The van der Waals surface area contributed by atoms with Crippen LogP contribution in [0.1, 0.15) is 30.1 Å². The lowest BCUT2D eigenvalue weighted by molar-refractivity contribution is -0.385. The van der Waals surface area contributed by atoms with Gasteiger partial charge in [-0.3, -0.25) is 14.9 Å². The first-order chi connectivity index (χ1) is 10.5. The van der Waals surface area contributed by atoms with Gasteiger partial charge in [-0.1, -0.05) is 0 Å². The lowest BCUT2D eigenvalue weighted by Crippen LogP contribution is -2.25. The van der Waals surface area contributed by atoms with Crippen LogP contribution in [-0.2, 0) is 0 Å². The maximum atomic E-state index is 12.1. The Labute approximate surface area is 128 Å². The fourth-order valence-corrected chi connectivity index (χ4v) is 1.88. The summed E-state index contributed by atoms with van der Waals surface area (Å²) < 4.78 is 10.4. The Morgan fingerprint density at radius 3 is 2.64 bits per heavy atom. The molecule has 1 aromatic carbocycles. The Morgan fingerprint density at radius 2 is 2.09 bits per heavy atom. The molecule has 0 aliphatic carbocycles. The van der Waals surface area contributed by atoms with Crippen LogP contribution in [0.2, 0.25) is 0 Å². The minimum Gasteiger partial charge on any atom is -0.493 e. The van der Waals surface area contributed by atoms with E-state index in [4.69, 9.17) is 15.2 Å². The second-order valence-electron chi connectivity index (χ2n) is 4.46. The zero-order chi connectivity index (χ0) is 16.5. The number of hydrogen-bond acceptors (Lipinski definition) is 6. The third-order valence-electron chi connectivity index (χ3n) is 2.94. The highest BCUT2D eigenvalue weighted by molar-refractivity contribution is 5.99. The molecule has 0 saturated heterocycles. The highest BCUT2D eigenvalue weighted by Crippen LogP contribution is 2.34. The van der Waals surface area contributed by atoms with Crippen LogP contribution >= 0.6 is 0 Å². The Balaban J connectivity index is 3.06. The van der Waals surface area contributed by atoms with E-state index in [-0.39, 0.29) is 17.0 Å². The Kier molecular flexibility index (Phi) is 7.11. The molecule has 8 heteroatoms. The number of nitrogens with zero attached hydrogens (tertiary/aromatic N) is 1. The topological polar surface area (TPSA) is 117 Å². The number of carbonyl (C=O) groups excluding carboxylic acids is 1. The van der Waals surface area contributed by atoms with Crippen LogP contribution in [0.25, 0.3) is 0 Å². The molecule has 0 fully saturated rings. The molecule has 3 N–H and O–H groups in total. The molecule has 1 amide bonds. The summed E-state index contributed by atoms with van der Waals surface area (Å²) in [5, 5.41) is 13.8. The van der Waals surface area contributed by atoms with Crippen molar-refractivity contribution in [3.8, 4) is 11.5 Å². The number of nitrogens with one attached hydrogen (secondary N) is 1. The second-order valence-corrected chi connectivity index (χ2v) is 4.46. The summed E-state index contributed by atoms with van der Waals surface area (Å²) in [5.74, 6) is -0.0109. The summed E-state index contributed by atoms with van der Waals surface area (Å²) in [5.41, 5.74) is 5.00. The first kappa shape index (κ1) is 17.7. The third-order valence-corrected chi connectivity index (χ3v) is 2.94. The molecular weight excluding hydrogens is 290 g/mol. The number of ether oxygens (including phenoxy) is 2. The number of rotatable bonds is 9. The summed E-state index contributed by atoms with van der Waals surface area (Å²) in [4.78, 5) is 22.7. The SMILES string of the molecule is CCOc1cc(C(=O)NCCCCN)c([N+](=O)[O-])cc1OC. The molecule has 0 unspecified atom stereocenters. The number of benzene rings is 1. The zero-order valence-electron chi connectivity index (χ0n) is 12.8. The standard InChI is InChI=1S/C14H21N3O5/c1-3-22-13-8-10(14(18)16-7-5-4-6-15)11(17(19)20)9-12(13)21-2/h8-9H,3-7,15H2,1-2H3,(H,16,18). The average Bonchev–Trinajstić information content (AvgIpc) is 2.51. The molecule has 22 heavy (non-hydrogen) atoms. The van der Waals surface area contributed by atoms with Crippen molar-refractivity contribution in [1.29, 1.82) is 0 Å². The average molecular weight is 311 g/mol. The van der Waals surface area contributed by atoms with E-state index < -0.39 is 10.8 Å². The zero-order valence-corrected chi connectivity index (χ0v) is 12.8. The van der Waals surface area contributed by atoms with Crippen LogP contribution < -0.4 is 20.5 Å². The number of amides is 1. The molecular formula is C14H21N3O5.